The molecule has 0 radical (unpaired) electrons. The van der Waals surface area contributed by atoms with E-state index >= 15 is 0 Å². The van der Waals surface area contributed by atoms with Crippen LogP contribution in [0.2, 0.25) is 5.02 Å². The summed E-state index contributed by atoms with van der Waals surface area (Å²) in [6.07, 6.45) is 2.08. The molecule has 0 aliphatic heterocycles. The summed E-state index contributed by atoms with van der Waals surface area (Å²) in [5.41, 5.74) is 2.73. The van der Waals surface area contributed by atoms with Crippen LogP contribution in [0.5, 0.6) is 0 Å². The van der Waals surface area contributed by atoms with Crippen LogP contribution in [0.4, 0.5) is 5.69 Å². The number of anilines is 1. The van der Waals surface area contributed by atoms with Gasteiger partial charge < -0.3 is 9.88 Å². The first-order chi connectivity index (χ1) is 14.4. The molecule has 0 saturated heterocycles. The molecular formula is C22H22ClN5OS. The second-order valence-corrected chi connectivity index (χ2v) is 8.45. The largest absolute Gasteiger partial charge is 0.347 e. The molecule has 4 aromatic rings. The van der Waals surface area contributed by atoms with Gasteiger partial charge in [-0.05, 0) is 66.7 Å². The lowest BCUT2D eigenvalue weighted by atomic mass is 10.2. The number of hydrogen-bond donors (Lipinski definition) is 2. The minimum atomic E-state index is -0.177. The van der Waals surface area contributed by atoms with Crippen LogP contribution in [0.25, 0.3) is 22.3 Å². The zero-order valence-corrected chi connectivity index (χ0v) is 18.3. The van der Waals surface area contributed by atoms with Gasteiger partial charge in [-0.25, -0.2) is 0 Å². The molecule has 6 nitrogen and oxygen atoms in total. The predicted octanol–water partition coefficient (Wildman–Crippen LogP) is 5.51. The molecule has 0 unspecified atom stereocenters. The lowest BCUT2D eigenvalue weighted by molar-refractivity contribution is -0.116. The molecule has 2 heterocycles. The number of H-pyrrole nitrogens is 1. The number of halogens is 1. The predicted molar refractivity (Wildman–Crippen MR) is 123 cm³/mol. The van der Waals surface area contributed by atoms with E-state index in [0.29, 0.717) is 21.5 Å². The Kier molecular flexibility index (Phi) is 5.74. The highest BCUT2D eigenvalue weighted by atomic mass is 35.5. The van der Waals surface area contributed by atoms with Crippen molar-refractivity contribution in [3.05, 3.63) is 64.5 Å². The number of nitrogens with one attached hydrogen (secondary N) is 2. The van der Waals surface area contributed by atoms with Crippen LogP contribution in [-0.4, -0.2) is 25.2 Å². The fourth-order valence-electron chi connectivity index (χ4n) is 3.46. The van der Waals surface area contributed by atoms with E-state index in [9.17, 15) is 4.79 Å². The molecule has 0 atom stereocenters. The third kappa shape index (κ3) is 4.32. The Labute approximate surface area is 184 Å². The SMILES string of the molecule is CC(C)Cn1ccc2cc(NC(=O)Cn3c(-c4ccc(Cl)cc4)n[nH]c3=S)ccc21. The van der Waals surface area contributed by atoms with Gasteiger partial charge in [0.15, 0.2) is 10.6 Å². The fraction of sp³-hybridized carbons (Fsp3) is 0.227. The topological polar surface area (TPSA) is 67.6 Å². The van der Waals surface area contributed by atoms with Gasteiger partial charge in [-0.3, -0.25) is 14.5 Å². The monoisotopic (exact) mass is 439 g/mol. The molecule has 0 bridgehead atoms. The second-order valence-electron chi connectivity index (χ2n) is 7.63. The van der Waals surface area contributed by atoms with Crippen LogP contribution in [0, 0.1) is 10.7 Å². The van der Waals surface area contributed by atoms with Gasteiger partial charge in [-0.2, -0.15) is 5.10 Å². The van der Waals surface area contributed by atoms with Gasteiger partial charge in [0.1, 0.15) is 6.54 Å². The van der Waals surface area contributed by atoms with E-state index in [4.69, 9.17) is 23.8 Å². The maximum absolute atomic E-state index is 12.7. The lowest BCUT2D eigenvalue weighted by Crippen LogP contribution is -2.19. The quantitative estimate of drug-likeness (QED) is 0.389. The molecule has 0 fully saturated rings. The summed E-state index contributed by atoms with van der Waals surface area (Å²) in [7, 11) is 0. The van der Waals surface area contributed by atoms with Crippen LogP contribution in [-0.2, 0) is 17.9 Å². The summed E-state index contributed by atoms with van der Waals surface area (Å²) >= 11 is 11.3. The van der Waals surface area contributed by atoms with Crippen molar-refractivity contribution >= 4 is 46.3 Å². The third-order valence-corrected chi connectivity index (χ3v) is 5.34. The molecule has 8 heteroatoms. The van der Waals surface area contributed by atoms with Crippen molar-refractivity contribution in [2.45, 2.75) is 26.9 Å². The molecule has 2 N–H and O–H groups in total. The Morgan fingerprint density at radius 3 is 2.70 bits per heavy atom. The van der Waals surface area contributed by atoms with Gasteiger partial charge in [0.25, 0.3) is 0 Å². The van der Waals surface area contributed by atoms with E-state index in [-0.39, 0.29) is 12.5 Å². The number of rotatable bonds is 6. The molecule has 4 rings (SSSR count). The minimum absolute atomic E-state index is 0.0552. The first-order valence-corrected chi connectivity index (χ1v) is 10.5. The number of hydrogen-bond acceptors (Lipinski definition) is 3. The molecule has 0 spiro atoms. The molecule has 1 amide bonds. The molecule has 154 valence electrons. The Balaban J connectivity index is 1.52. The van der Waals surface area contributed by atoms with Gasteiger partial charge in [0, 0.05) is 39.9 Å². The van der Waals surface area contributed by atoms with Crippen LogP contribution in [0.3, 0.4) is 0 Å². The number of amides is 1. The molecule has 2 aromatic heterocycles. The van der Waals surface area contributed by atoms with E-state index < -0.39 is 0 Å². The smallest absolute Gasteiger partial charge is 0.244 e. The van der Waals surface area contributed by atoms with E-state index in [1.165, 1.54) is 0 Å². The van der Waals surface area contributed by atoms with Gasteiger partial charge in [-0.15, -0.1) is 0 Å². The van der Waals surface area contributed by atoms with Crippen LogP contribution in [0.1, 0.15) is 13.8 Å². The Hall–Kier alpha value is -2.90. The molecule has 30 heavy (non-hydrogen) atoms. The van der Waals surface area contributed by atoms with Crippen LogP contribution in [0.15, 0.2) is 54.7 Å². The van der Waals surface area contributed by atoms with Gasteiger partial charge in [0.05, 0.1) is 0 Å². The van der Waals surface area contributed by atoms with Crippen molar-refractivity contribution < 1.29 is 4.79 Å². The van der Waals surface area contributed by atoms with Gasteiger partial charge >= 0.3 is 0 Å². The van der Waals surface area contributed by atoms with Crippen molar-refractivity contribution in [2.75, 3.05) is 5.32 Å². The maximum atomic E-state index is 12.7. The summed E-state index contributed by atoms with van der Waals surface area (Å²) in [6.45, 7) is 5.40. The lowest BCUT2D eigenvalue weighted by Gasteiger charge is -2.10. The molecule has 2 aromatic carbocycles. The van der Waals surface area contributed by atoms with Crippen LogP contribution >= 0.6 is 23.8 Å². The zero-order valence-electron chi connectivity index (χ0n) is 16.7. The number of carbonyl (C=O) groups is 1. The van der Waals surface area contributed by atoms with Gasteiger partial charge in [0.2, 0.25) is 5.91 Å². The zero-order chi connectivity index (χ0) is 21.3. The summed E-state index contributed by atoms with van der Waals surface area (Å²) in [6, 6.07) is 15.3. The number of aromatic amines is 1. The summed E-state index contributed by atoms with van der Waals surface area (Å²) < 4.78 is 4.29. The Bertz CT molecular complexity index is 1250. The fourth-order valence-corrected chi connectivity index (χ4v) is 3.78. The first kappa shape index (κ1) is 20.4. The average Bonchev–Trinajstić information content (AvgIpc) is 3.26. The van der Waals surface area contributed by atoms with Crippen molar-refractivity contribution in [1.29, 1.82) is 0 Å². The van der Waals surface area contributed by atoms with Crippen LogP contribution < -0.4 is 5.32 Å². The molecule has 0 aliphatic carbocycles. The third-order valence-electron chi connectivity index (χ3n) is 4.78. The second kappa shape index (κ2) is 8.45. The summed E-state index contributed by atoms with van der Waals surface area (Å²) in [4.78, 5) is 12.7. The van der Waals surface area contributed by atoms with Crippen molar-refractivity contribution in [3.8, 4) is 11.4 Å². The normalized spacial score (nSPS) is 11.3. The molecular weight excluding hydrogens is 418 g/mol. The maximum Gasteiger partial charge on any atom is 0.244 e. The van der Waals surface area contributed by atoms with E-state index in [1.807, 2.05) is 30.3 Å². The van der Waals surface area contributed by atoms with E-state index in [0.717, 1.165) is 28.7 Å². The van der Waals surface area contributed by atoms with Gasteiger partial charge in [-0.1, -0.05) is 25.4 Å². The summed E-state index contributed by atoms with van der Waals surface area (Å²) in [5, 5.41) is 11.7. The minimum Gasteiger partial charge on any atom is -0.347 e. The van der Waals surface area contributed by atoms with E-state index in [2.05, 4.69) is 46.2 Å². The van der Waals surface area contributed by atoms with Crippen molar-refractivity contribution in [2.24, 2.45) is 5.92 Å². The highest BCUT2D eigenvalue weighted by Gasteiger charge is 2.13. The standard InChI is InChI=1S/C22H22ClN5OS/c1-14(2)12-27-10-9-16-11-18(7-8-19(16)27)24-20(29)13-28-21(25-26-22(28)30)15-3-5-17(23)6-4-15/h3-11,14H,12-13H2,1-2H3,(H,24,29)(H,26,30). The summed E-state index contributed by atoms with van der Waals surface area (Å²) in [5.74, 6) is 0.978. The average molecular weight is 440 g/mol. The van der Waals surface area contributed by atoms with E-state index in [1.54, 1.807) is 16.7 Å². The Morgan fingerprint density at radius 1 is 1.20 bits per heavy atom. The highest BCUT2D eigenvalue weighted by Crippen LogP contribution is 2.23. The number of carbonyl (C=O) groups excluding carboxylic acids is 1. The van der Waals surface area contributed by atoms with Crippen molar-refractivity contribution in [3.63, 3.8) is 0 Å². The first-order valence-electron chi connectivity index (χ1n) is 9.70. The number of aromatic nitrogens is 4. The molecule has 0 saturated carbocycles. The number of benzene rings is 2. The highest BCUT2D eigenvalue weighted by molar-refractivity contribution is 7.71. The Morgan fingerprint density at radius 2 is 1.97 bits per heavy atom. The molecule has 0 aliphatic rings. The van der Waals surface area contributed by atoms with Crippen molar-refractivity contribution in [1.82, 2.24) is 19.3 Å². The number of nitrogens with zero attached hydrogens (tertiary/aromatic N) is 3. The number of fused-ring (bicyclic) bond motifs is 1.